The number of carbonyl (C=O) groups excluding carboxylic acids is 2. The van der Waals surface area contributed by atoms with Crippen LogP contribution in [0.5, 0.6) is 0 Å². The molecule has 0 bridgehead atoms. The average Bonchev–Trinajstić information content (AvgIpc) is 2.49. The predicted octanol–water partition coefficient (Wildman–Crippen LogP) is 3.84. The molecular formula is C16H13Cl2FN2O2. The maximum atomic E-state index is 13.0. The first kappa shape index (κ1) is 17.2. The van der Waals surface area contributed by atoms with Crippen LogP contribution in [-0.4, -0.2) is 30.3 Å². The number of nitrogens with one attached hydrogen (secondary N) is 1. The molecule has 0 aromatic heterocycles. The van der Waals surface area contributed by atoms with E-state index in [1.165, 1.54) is 18.0 Å². The molecule has 120 valence electrons. The molecule has 0 heterocycles. The summed E-state index contributed by atoms with van der Waals surface area (Å²) in [4.78, 5) is 25.4. The number of halogens is 3. The summed E-state index contributed by atoms with van der Waals surface area (Å²) in [6, 6.07) is 10.2. The van der Waals surface area contributed by atoms with Crippen molar-refractivity contribution >= 4 is 40.7 Å². The molecule has 0 saturated heterocycles. The van der Waals surface area contributed by atoms with Gasteiger partial charge in [-0.2, -0.15) is 0 Å². The maximum absolute atomic E-state index is 13.0. The van der Waals surface area contributed by atoms with E-state index in [1.54, 1.807) is 24.3 Å². The van der Waals surface area contributed by atoms with Crippen molar-refractivity contribution in [3.05, 3.63) is 63.9 Å². The zero-order chi connectivity index (χ0) is 17.0. The lowest BCUT2D eigenvalue weighted by atomic mass is 10.2. The molecule has 2 amide bonds. The molecule has 2 rings (SSSR count). The van der Waals surface area contributed by atoms with E-state index in [0.717, 1.165) is 12.1 Å². The molecule has 0 aliphatic heterocycles. The molecule has 0 unspecified atom stereocenters. The first-order valence-electron chi connectivity index (χ1n) is 6.63. The second kappa shape index (κ2) is 7.44. The summed E-state index contributed by atoms with van der Waals surface area (Å²) < 4.78 is 13.0. The molecule has 0 saturated carbocycles. The van der Waals surface area contributed by atoms with Gasteiger partial charge in [0.2, 0.25) is 5.91 Å². The molecular weight excluding hydrogens is 342 g/mol. The highest BCUT2D eigenvalue weighted by atomic mass is 35.5. The fourth-order valence-corrected chi connectivity index (χ4v) is 2.34. The van der Waals surface area contributed by atoms with E-state index in [0.29, 0.717) is 10.7 Å². The van der Waals surface area contributed by atoms with E-state index in [4.69, 9.17) is 23.2 Å². The lowest BCUT2D eigenvalue weighted by molar-refractivity contribution is -0.116. The number of para-hydroxylation sites is 1. The lowest BCUT2D eigenvalue weighted by Gasteiger charge is -2.17. The summed E-state index contributed by atoms with van der Waals surface area (Å²) >= 11 is 11.8. The Balaban J connectivity index is 2.03. The maximum Gasteiger partial charge on any atom is 0.255 e. The summed E-state index contributed by atoms with van der Waals surface area (Å²) in [7, 11) is 1.45. The van der Waals surface area contributed by atoms with E-state index in [-0.39, 0.29) is 17.1 Å². The van der Waals surface area contributed by atoms with E-state index in [9.17, 15) is 14.0 Å². The minimum absolute atomic E-state index is 0.00615. The molecule has 2 aromatic carbocycles. The Morgan fingerprint density at radius 1 is 1.13 bits per heavy atom. The van der Waals surface area contributed by atoms with Gasteiger partial charge in [-0.1, -0.05) is 35.3 Å². The standard InChI is InChI=1S/C16H13Cl2FN2O2/c1-21(16(23)11-7-6-10(19)8-13(11)18)9-15(22)20-14-5-3-2-4-12(14)17/h2-8H,9H2,1H3,(H,20,22). The van der Waals surface area contributed by atoms with Crippen LogP contribution in [0.15, 0.2) is 42.5 Å². The minimum Gasteiger partial charge on any atom is -0.332 e. The van der Waals surface area contributed by atoms with Gasteiger partial charge in [0.15, 0.2) is 0 Å². The smallest absolute Gasteiger partial charge is 0.255 e. The lowest BCUT2D eigenvalue weighted by Crippen LogP contribution is -2.35. The van der Waals surface area contributed by atoms with Crippen LogP contribution in [0.1, 0.15) is 10.4 Å². The third kappa shape index (κ3) is 4.43. The van der Waals surface area contributed by atoms with Crippen LogP contribution >= 0.6 is 23.2 Å². The zero-order valence-corrected chi connectivity index (χ0v) is 13.7. The second-order valence-corrected chi connectivity index (χ2v) is 5.63. The molecule has 0 aliphatic rings. The predicted molar refractivity (Wildman–Crippen MR) is 88.5 cm³/mol. The Morgan fingerprint density at radius 3 is 2.48 bits per heavy atom. The van der Waals surface area contributed by atoms with Crippen molar-refractivity contribution in [2.45, 2.75) is 0 Å². The second-order valence-electron chi connectivity index (χ2n) is 4.81. The molecule has 0 atom stereocenters. The molecule has 0 fully saturated rings. The first-order valence-corrected chi connectivity index (χ1v) is 7.39. The van der Waals surface area contributed by atoms with Crippen LogP contribution in [0, 0.1) is 5.82 Å². The van der Waals surface area contributed by atoms with Gasteiger partial charge in [-0.05, 0) is 30.3 Å². The number of anilines is 1. The number of nitrogens with zero attached hydrogens (tertiary/aromatic N) is 1. The Hall–Kier alpha value is -2.11. The molecule has 4 nitrogen and oxygen atoms in total. The number of benzene rings is 2. The van der Waals surface area contributed by atoms with Crippen LogP contribution in [-0.2, 0) is 4.79 Å². The fraction of sp³-hybridized carbons (Fsp3) is 0.125. The topological polar surface area (TPSA) is 49.4 Å². The van der Waals surface area contributed by atoms with Crippen molar-refractivity contribution < 1.29 is 14.0 Å². The highest BCUT2D eigenvalue weighted by Crippen LogP contribution is 2.21. The van der Waals surface area contributed by atoms with E-state index >= 15 is 0 Å². The zero-order valence-electron chi connectivity index (χ0n) is 12.1. The molecule has 2 aromatic rings. The Labute approximate surface area is 142 Å². The Bertz CT molecular complexity index is 753. The van der Waals surface area contributed by atoms with Gasteiger partial charge >= 0.3 is 0 Å². The molecule has 7 heteroatoms. The molecule has 0 spiro atoms. The SMILES string of the molecule is CN(CC(=O)Nc1ccccc1Cl)C(=O)c1ccc(F)cc1Cl. The number of hydrogen-bond donors (Lipinski definition) is 1. The van der Waals surface area contributed by atoms with Gasteiger partial charge < -0.3 is 10.2 Å². The fourth-order valence-electron chi connectivity index (χ4n) is 1.91. The van der Waals surface area contributed by atoms with Crippen molar-refractivity contribution in [2.24, 2.45) is 0 Å². The first-order chi connectivity index (χ1) is 10.9. The number of amides is 2. The van der Waals surface area contributed by atoms with Gasteiger partial charge in [-0.25, -0.2) is 4.39 Å². The molecule has 0 aliphatic carbocycles. The van der Waals surface area contributed by atoms with Gasteiger partial charge in [0, 0.05) is 7.05 Å². The summed E-state index contributed by atoms with van der Waals surface area (Å²) in [5.74, 6) is -1.43. The van der Waals surface area contributed by atoms with E-state index < -0.39 is 17.6 Å². The van der Waals surface area contributed by atoms with Crippen LogP contribution in [0.2, 0.25) is 10.0 Å². The number of rotatable bonds is 4. The van der Waals surface area contributed by atoms with Crippen molar-refractivity contribution in [2.75, 3.05) is 18.9 Å². The third-order valence-corrected chi connectivity index (χ3v) is 3.68. The van der Waals surface area contributed by atoms with E-state index in [2.05, 4.69) is 5.32 Å². The van der Waals surface area contributed by atoms with Gasteiger partial charge in [0.1, 0.15) is 5.82 Å². The van der Waals surface area contributed by atoms with Crippen LogP contribution in [0.3, 0.4) is 0 Å². The summed E-state index contributed by atoms with van der Waals surface area (Å²) in [6.45, 7) is -0.197. The third-order valence-electron chi connectivity index (χ3n) is 3.04. The van der Waals surface area contributed by atoms with Gasteiger partial charge in [-0.3, -0.25) is 9.59 Å². The van der Waals surface area contributed by atoms with Gasteiger partial charge in [0.05, 0.1) is 27.8 Å². The summed E-state index contributed by atoms with van der Waals surface area (Å²) in [6.07, 6.45) is 0. The molecule has 23 heavy (non-hydrogen) atoms. The highest BCUT2D eigenvalue weighted by molar-refractivity contribution is 6.34. The number of likely N-dealkylation sites (N-methyl/N-ethyl adjacent to an activating group) is 1. The van der Waals surface area contributed by atoms with Crippen molar-refractivity contribution in [3.8, 4) is 0 Å². The average molecular weight is 355 g/mol. The Morgan fingerprint density at radius 2 is 1.83 bits per heavy atom. The molecule has 0 radical (unpaired) electrons. The number of hydrogen-bond acceptors (Lipinski definition) is 2. The van der Waals surface area contributed by atoms with Crippen LogP contribution in [0.25, 0.3) is 0 Å². The Kier molecular flexibility index (Phi) is 5.58. The van der Waals surface area contributed by atoms with Crippen LogP contribution in [0.4, 0.5) is 10.1 Å². The normalized spacial score (nSPS) is 10.3. The minimum atomic E-state index is -0.536. The van der Waals surface area contributed by atoms with Gasteiger partial charge in [-0.15, -0.1) is 0 Å². The largest absolute Gasteiger partial charge is 0.332 e. The van der Waals surface area contributed by atoms with Crippen molar-refractivity contribution in [1.29, 1.82) is 0 Å². The quantitative estimate of drug-likeness (QED) is 0.906. The highest BCUT2D eigenvalue weighted by Gasteiger charge is 2.18. The van der Waals surface area contributed by atoms with Crippen molar-refractivity contribution in [3.63, 3.8) is 0 Å². The van der Waals surface area contributed by atoms with E-state index in [1.807, 2.05) is 0 Å². The summed E-state index contributed by atoms with van der Waals surface area (Å²) in [5, 5.41) is 3.01. The van der Waals surface area contributed by atoms with Crippen LogP contribution < -0.4 is 5.32 Å². The van der Waals surface area contributed by atoms with Crippen molar-refractivity contribution in [1.82, 2.24) is 4.90 Å². The summed E-state index contributed by atoms with van der Waals surface area (Å²) in [5.41, 5.74) is 0.584. The monoisotopic (exact) mass is 354 g/mol. The molecule has 1 N–H and O–H groups in total. The van der Waals surface area contributed by atoms with Gasteiger partial charge in [0.25, 0.3) is 5.91 Å². The number of carbonyl (C=O) groups is 2.